The molecule has 0 bridgehead atoms. The fourth-order valence-electron chi connectivity index (χ4n) is 2.06. The van der Waals surface area contributed by atoms with Gasteiger partial charge in [0.15, 0.2) is 0 Å². The van der Waals surface area contributed by atoms with Gasteiger partial charge in [0, 0.05) is 22.1 Å². The van der Waals surface area contributed by atoms with Crippen molar-refractivity contribution in [3.63, 3.8) is 0 Å². The molecule has 0 unspecified atom stereocenters. The molecule has 0 spiro atoms. The van der Waals surface area contributed by atoms with Crippen LogP contribution in [0.1, 0.15) is 23.4 Å². The summed E-state index contributed by atoms with van der Waals surface area (Å²) < 4.78 is 1.04. The van der Waals surface area contributed by atoms with Crippen LogP contribution < -0.4 is 5.32 Å². The van der Waals surface area contributed by atoms with Crippen LogP contribution in [-0.4, -0.2) is 24.4 Å². The number of aryl methyl sites for hydroxylation is 1. The Morgan fingerprint density at radius 3 is 2.81 bits per heavy atom. The Kier molecular flexibility index (Phi) is 5.42. The van der Waals surface area contributed by atoms with Gasteiger partial charge in [0.2, 0.25) is 5.91 Å². The minimum Gasteiger partial charge on any atom is -0.376 e. The standard InChI is InChI=1S/C16H19BrN2OS/c1-11-9-13(17)6-7-14(11)18-10-16(20)19(3)12(2)15-5-4-8-21-15/h4-9,12,18H,10H2,1-3H3/t12-/m0/s1. The average Bonchev–Trinajstić information content (AvgIpc) is 2.98. The highest BCUT2D eigenvalue weighted by Gasteiger charge is 2.17. The van der Waals surface area contributed by atoms with E-state index >= 15 is 0 Å². The van der Waals surface area contributed by atoms with Gasteiger partial charge in [0.05, 0.1) is 12.6 Å². The molecule has 21 heavy (non-hydrogen) atoms. The van der Waals surface area contributed by atoms with Crippen molar-refractivity contribution in [2.24, 2.45) is 0 Å². The van der Waals surface area contributed by atoms with Gasteiger partial charge in [-0.3, -0.25) is 4.79 Å². The summed E-state index contributed by atoms with van der Waals surface area (Å²) in [5.74, 6) is 0.0817. The van der Waals surface area contributed by atoms with Crippen LogP contribution in [0.25, 0.3) is 0 Å². The summed E-state index contributed by atoms with van der Waals surface area (Å²) >= 11 is 5.11. The number of amides is 1. The van der Waals surface area contributed by atoms with E-state index in [4.69, 9.17) is 0 Å². The fourth-order valence-corrected chi connectivity index (χ4v) is 3.36. The predicted molar refractivity (Wildman–Crippen MR) is 92.9 cm³/mol. The Morgan fingerprint density at radius 2 is 2.19 bits per heavy atom. The second-order valence-electron chi connectivity index (χ2n) is 5.01. The minimum absolute atomic E-state index is 0.0817. The minimum atomic E-state index is 0.0817. The van der Waals surface area contributed by atoms with Crippen LogP contribution in [0.5, 0.6) is 0 Å². The summed E-state index contributed by atoms with van der Waals surface area (Å²) in [7, 11) is 1.85. The topological polar surface area (TPSA) is 32.3 Å². The summed E-state index contributed by atoms with van der Waals surface area (Å²) in [5, 5.41) is 5.25. The summed E-state index contributed by atoms with van der Waals surface area (Å²) in [6.07, 6.45) is 0. The number of carbonyl (C=O) groups excluding carboxylic acids is 1. The second kappa shape index (κ2) is 7.09. The molecule has 1 amide bonds. The van der Waals surface area contributed by atoms with Crippen LogP contribution in [0, 0.1) is 6.92 Å². The van der Waals surface area contributed by atoms with Gasteiger partial charge in [-0.15, -0.1) is 11.3 Å². The van der Waals surface area contributed by atoms with Crippen molar-refractivity contribution in [3.05, 3.63) is 50.6 Å². The lowest BCUT2D eigenvalue weighted by atomic mass is 10.2. The summed E-state index contributed by atoms with van der Waals surface area (Å²) in [6, 6.07) is 10.2. The van der Waals surface area contributed by atoms with E-state index in [9.17, 15) is 4.79 Å². The number of nitrogens with zero attached hydrogens (tertiary/aromatic N) is 1. The van der Waals surface area contributed by atoms with Crippen LogP contribution in [0.3, 0.4) is 0 Å². The van der Waals surface area contributed by atoms with Crippen LogP contribution in [0.2, 0.25) is 0 Å². The Bertz CT molecular complexity index is 613. The van der Waals surface area contributed by atoms with Crippen LogP contribution in [0.15, 0.2) is 40.2 Å². The Hall–Kier alpha value is -1.33. The zero-order chi connectivity index (χ0) is 15.4. The Morgan fingerprint density at radius 1 is 1.43 bits per heavy atom. The lowest BCUT2D eigenvalue weighted by Crippen LogP contribution is -2.34. The van der Waals surface area contributed by atoms with Crippen molar-refractivity contribution in [2.75, 3.05) is 18.9 Å². The van der Waals surface area contributed by atoms with Crippen molar-refractivity contribution in [1.29, 1.82) is 0 Å². The van der Waals surface area contributed by atoms with Crippen molar-refractivity contribution in [1.82, 2.24) is 4.90 Å². The molecule has 0 aliphatic carbocycles. The van der Waals surface area contributed by atoms with E-state index in [1.807, 2.05) is 43.6 Å². The molecule has 1 aromatic carbocycles. The van der Waals surface area contributed by atoms with Gasteiger partial charge in [-0.1, -0.05) is 22.0 Å². The number of halogens is 1. The molecule has 1 aromatic heterocycles. The van der Waals surface area contributed by atoms with E-state index in [1.165, 1.54) is 4.88 Å². The largest absolute Gasteiger partial charge is 0.376 e. The smallest absolute Gasteiger partial charge is 0.242 e. The van der Waals surface area contributed by atoms with E-state index in [0.29, 0.717) is 6.54 Å². The molecule has 0 aliphatic heterocycles. The molecule has 0 aliphatic rings. The van der Waals surface area contributed by atoms with E-state index in [2.05, 4.69) is 34.2 Å². The molecule has 0 fully saturated rings. The van der Waals surface area contributed by atoms with Gasteiger partial charge in [-0.25, -0.2) is 0 Å². The van der Waals surface area contributed by atoms with E-state index in [0.717, 1.165) is 15.7 Å². The molecule has 2 aromatic rings. The molecule has 0 radical (unpaired) electrons. The van der Waals surface area contributed by atoms with Gasteiger partial charge in [-0.05, 0) is 49.1 Å². The van der Waals surface area contributed by atoms with E-state index in [-0.39, 0.29) is 11.9 Å². The van der Waals surface area contributed by atoms with Crippen LogP contribution in [0.4, 0.5) is 5.69 Å². The molecular formula is C16H19BrN2OS. The number of nitrogens with one attached hydrogen (secondary N) is 1. The first-order chi connectivity index (χ1) is 9.99. The lowest BCUT2D eigenvalue weighted by molar-refractivity contribution is -0.129. The Labute approximate surface area is 138 Å². The normalized spacial score (nSPS) is 12.0. The first-order valence-corrected chi connectivity index (χ1v) is 8.45. The highest BCUT2D eigenvalue weighted by atomic mass is 79.9. The monoisotopic (exact) mass is 366 g/mol. The molecule has 2 rings (SSSR count). The van der Waals surface area contributed by atoms with Gasteiger partial charge < -0.3 is 10.2 Å². The molecule has 112 valence electrons. The molecule has 0 saturated heterocycles. The van der Waals surface area contributed by atoms with Gasteiger partial charge in [-0.2, -0.15) is 0 Å². The molecule has 1 atom stereocenters. The summed E-state index contributed by atoms with van der Waals surface area (Å²) in [5.41, 5.74) is 2.11. The summed E-state index contributed by atoms with van der Waals surface area (Å²) in [4.78, 5) is 15.3. The van der Waals surface area contributed by atoms with Crippen LogP contribution >= 0.6 is 27.3 Å². The third kappa shape index (κ3) is 4.08. The zero-order valence-electron chi connectivity index (χ0n) is 12.4. The SMILES string of the molecule is Cc1cc(Br)ccc1NCC(=O)N(C)[C@@H](C)c1cccs1. The molecule has 1 heterocycles. The number of carbonyl (C=O) groups is 1. The molecule has 1 N–H and O–H groups in total. The maximum Gasteiger partial charge on any atom is 0.242 e. The highest BCUT2D eigenvalue weighted by Crippen LogP contribution is 2.24. The second-order valence-corrected chi connectivity index (χ2v) is 6.90. The predicted octanol–water partition coefficient (Wildman–Crippen LogP) is 4.45. The first kappa shape index (κ1) is 16.0. The third-order valence-corrected chi connectivity index (χ3v) is 5.08. The van der Waals surface area contributed by atoms with Crippen molar-refractivity contribution in [3.8, 4) is 0 Å². The first-order valence-electron chi connectivity index (χ1n) is 6.78. The number of likely N-dealkylation sites (N-methyl/N-ethyl adjacent to an activating group) is 1. The Balaban J connectivity index is 1.95. The number of hydrogen-bond acceptors (Lipinski definition) is 3. The molecule has 5 heteroatoms. The molecule has 0 saturated carbocycles. The number of rotatable bonds is 5. The average molecular weight is 367 g/mol. The van der Waals surface area contributed by atoms with Gasteiger partial charge in [0.25, 0.3) is 0 Å². The quantitative estimate of drug-likeness (QED) is 0.847. The fraction of sp³-hybridized carbons (Fsp3) is 0.312. The van der Waals surface area contributed by atoms with E-state index in [1.54, 1.807) is 16.2 Å². The van der Waals surface area contributed by atoms with Crippen molar-refractivity contribution in [2.45, 2.75) is 19.9 Å². The number of thiophene rings is 1. The van der Waals surface area contributed by atoms with Crippen molar-refractivity contribution >= 4 is 38.9 Å². The van der Waals surface area contributed by atoms with Gasteiger partial charge in [0.1, 0.15) is 0 Å². The lowest BCUT2D eigenvalue weighted by Gasteiger charge is -2.24. The number of hydrogen-bond donors (Lipinski definition) is 1. The third-order valence-electron chi connectivity index (χ3n) is 3.55. The molecule has 3 nitrogen and oxygen atoms in total. The van der Waals surface area contributed by atoms with Crippen molar-refractivity contribution < 1.29 is 4.79 Å². The maximum absolute atomic E-state index is 12.3. The maximum atomic E-state index is 12.3. The van der Waals surface area contributed by atoms with Crippen LogP contribution in [-0.2, 0) is 4.79 Å². The number of benzene rings is 1. The molecular weight excluding hydrogens is 348 g/mol. The zero-order valence-corrected chi connectivity index (χ0v) is 14.8. The number of anilines is 1. The van der Waals surface area contributed by atoms with E-state index < -0.39 is 0 Å². The highest BCUT2D eigenvalue weighted by molar-refractivity contribution is 9.10. The summed E-state index contributed by atoms with van der Waals surface area (Å²) in [6.45, 7) is 4.37. The van der Waals surface area contributed by atoms with Gasteiger partial charge >= 0.3 is 0 Å².